The van der Waals surface area contributed by atoms with Crippen molar-refractivity contribution in [3.8, 4) is 0 Å². The summed E-state index contributed by atoms with van der Waals surface area (Å²) in [6, 6.07) is 2.48. The number of benzene rings is 1. The molecule has 174 valence electrons. The summed E-state index contributed by atoms with van der Waals surface area (Å²) < 4.78 is 58.8. The van der Waals surface area contributed by atoms with E-state index in [4.69, 9.17) is 10.5 Å². The molecule has 0 bridgehead atoms. The maximum Gasteiger partial charge on any atom is 0.401 e. The van der Waals surface area contributed by atoms with Gasteiger partial charge in [-0.15, -0.1) is 0 Å². The monoisotopic (exact) mass is 448 g/mol. The molecule has 1 aliphatic heterocycles. The largest absolute Gasteiger partial charge is 0.401 e. The van der Waals surface area contributed by atoms with E-state index in [0.29, 0.717) is 12.3 Å². The van der Waals surface area contributed by atoms with E-state index < -0.39 is 35.9 Å². The lowest BCUT2D eigenvalue weighted by Crippen LogP contribution is -2.54. The smallest absolute Gasteiger partial charge is 0.370 e. The van der Waals surface area contributed by atoms with Gasteiger partial charge in [-0.3, -0.25) is 14.5 Å². The van der Waals surface area contributed by atoms with E-state index in [1.54, 1.807) is 20.8 Å². The number of rotatable bonds is 7. The number of nitrogens with two attached hydrogens (primary N) is 1. The number of morpholine rings is 1. The van der Waals surface area contributed by atoms with Crippen molar-refractivity contribution in [2.24, 2.45) is 11.1 Å². The minimum Gasteiger partial charge on any atom is -0.370 e. The van der Waals surface area contributed by atoms with E-state index in [9.17, 15) is 27.2 Å². The molecule has 7 nitrogen and oxygen atoms in total. The summed E-state index contributed by atoms with van der Waals surface area (Å²) >= 11 is 0. The number of carbonyl (C=O) groups is 2. The molecule has 2 rings (SSSR count). The fourth-order valence-corrected chi connectivity index (χ4v) is 3.32. The molecule has 0 spiro atoms. The molecule has 1 saturated heterocycles. The van der Waals surface area contributed by atoms with Crippen molar-refractivity contribution in [3.05, 3.63) is 24.0 Å². The van der Waals surface area contributed by atoms with E-state index in [1.807, 2.05) is 0 Å². The number of nitrogens with zero attached hydrogens (tertiary/aromatic N) is 2. The van der Waals surface area contributed by atoms with Crippen molar-refractivity contribution in [1.82, 2.24) is 4.90 Å². The average molecular weight is 448 g/mol. The molecule has 0 aromatic heterocycles. The lowest BCUT2D eigenvalue weighted by Gasteiger charge is -2.35. The Morgan fingerprint density at radius 3 is 2.48 bits per heavy atom. The number of hydrogen-bond donors (Lipinski definition) is 2. The van der Waals surface area contributed by atoms with Crippen LogP contribution >= 0.6 is 0 Å². The Balaban J connectivity index is 2.19. The van der Waals surface area contributed by atoms with Crippen LogP contribution in [-0.2, 0) is 14.3 Å². The van der Waals surface area contributed by atoms with E-state index in [1.165, 1.54) is 17.0 Å². The predicted octanol–water partition coefficient (Wildman–Crippen LogP) is 2.37. The van der Waals surface area contributed by atoms with Gasteiger partial charge in [0, 0.05) is 25.3 Å². The Morgan fingerprint density at radius 1 is 1.29 bits per heavy atom. The highest BCUT2D eigenvalue weighted by Gasteiger charge is 2.37. The van der Waals surface area contributed by atoms with Gasteiger partial charge in [0.1, 0.15) is 18.5 Å². The van der Waals surface area contributed by atoms with Gasteiger partial charge in [0.15, 0.2) is 0 Å². The maximum atomic E-state index is 14.6. The molecule has 2 amide bonds. The van der Waals surface area contributed by atoms with Crippen LogP contribution < -0.4 is 16.0 Å². The second kappa shape index (κ2) is 9.92. The van der Waals surface area contributed by atoms with Crippen molar-refractivity contribution >= 4 is 23.2 Å². The number of alkyl halides is 3. The third-order valence-corrected chi connectivity index (χ3v) is 4.53. The number of amides is 2. The highest BCUT2D eigenvalue weighted by Crippen LogP contribution is 2.26. The third kappa shape index (κ3) is 7.44. The number of carbonyl (C=O) groups excluding carboxylic acids is 2. The molecule has 1 heterocycles. The van der Waals surface area contributed by atoms with E-state index in [2.05, 4.69) is 5.32 Å². The zero-order valence-electron chi connectivity index (χ0n) is 17.8. The zero-order valence-corrected chi connectivity index (χ0v) is 17.8. The van der Waals surface area contributed by atoms with Gasteiger partial charge in [-0.1, -0.05) is 20.8 Å². The summed E-state index contributed by atoms with van der Waals surface area (Å²) in [7, 11) is 0. The fraction of sp³-hybridized carbons (Fsp3) is 0.600. The summed E-state index contributed by atoms with van der Waals surface area (Å²) in [4.78, 5) is 26.9. The number of anilines is 2. The zero-order chi connectivity index (χ0) is 23.4. The summed E-state index contributed by atoms with van der Waals surface area (Å²) in [6.07, 6.45) is -4.53. The molecule has 0 unspecified atom stereocenters. The molecule has 1 aromatic rings. The molecule has 0 radical (unpaired) electrons. The van der Waals surface area contributed by atoms with Crippen LogP contribution in [0, 0.1) is 11.2 Å². The molecule has 0 aliphatic carbocycles. The van der Waals surface area contributed by atoms with Crippen LogP contribution in [-0.4, -0.2) is 68.3 Å². The molecule has 1 aromatic carbocycles. The first-order chi connectivity index (χ1) is 14.3. The maximum absolute atomic E-state index is 14.6. The van der Waals surface area contributed by atoms with Crippen molar-refractivity contribution in [3.63, 3.8) is 0 Å². The molecule has 11 heteroatoms. The highest BCUT2D eigenvalue weighted by atomic mass is 19.4. The fourth-order valence-electron chi connectivity index (χ4n) is 3.32. The van der Waals surface area contributed by atoms with Gasteiger partial charge in [0.2, 0.25) is 5.91 Å². The number of halogens is 4. The predicted molar refractivity (Wildman–Crippen MR) is 108 cm³/mol. The van der Waals surface area contributed by atoms with E-state index >= 15 is 0 Å². The Labute approximate surface area is 178 Å². The lowest BCUT2D eigenvalue weighted by atomic mass is 9.95. The molecule has 1 aliphatic rings. The summed E-state index contributed by atoms with van der Waals surface area (Å²) in [5.74, 6) is -1.99. The van der Waals surface area contributed by atoms with Gasteiger partial charge >= 0.3 is 6.18 Å². The Hall–Kier alpha value is -2.24. The summed E-state index contributed by atoms with van der Waals surface area (Å²) in [5, 5.41) is 2.32. The van der Waals surface area contributed by atoms with Gasteiger partial charge in [0.05, 0.1) is 18.8 Å². The van der Waals surface area contributed by atoms with Crippen LogP contribution in [0.4, 0.5) is 28.9 Å². The Kier molecular flexibility index (Phi) is 8.01. The molecule has 3 N–H and O–H groups in total. The van der Waals surface area contributed by atoms with Crippen molar-refractivity contribution < 1.29 is 31.9 Å². The minimum absolute atomic E-state index is 0.0393. The normalized spacial score (nSPS) is 16.5. The van der Waals surface area contributed by atoms with Crippen molar-refractivity contribution in [2.45, 2.75) is 33.0 Å². The van der Waals surface area contributed by atoms with Gasteiger partial charge in [-0.25, -0.2) is 4.39 Å². The van der Waals surface area contributed by atoms with Crippen LogP contribution in [0.2, 0.25) is 0 Å². The number of ether oxygens (including phenoxy) is 1. The quantitative estimate of drug-likeness (QED) is 0.626. The first-order valence-electron chi connectivity index (χ1n) is 9.80. The third-order valence-electron chi connectivity index (χ3n) is 4.53. The first-order valence-corrected chi connectivity index (χ1v) is 9.80. The minimum atomic E-state index is -4.53. The Morgan fingerprint density at radius 2 is 1.97 bits per heavy atom. The van der Waals surface area contributed by atoms with Crippen molar-refractivity contribution in [2.75, 3.05) is 49.6 Å². The van der Waals surface area contributed by atoms with Crippen LogP contribution in [0.5, 0.6) is 0 Å². The second-order valence-electron chi connectivity index (χ2n) is 8.58. The number of hydrogen-bond acceptors (Lipinski definition) is 5. The molecular formula is C20H28F4N4O3. The molecular weight excluding hydrogens is 420 g/mol. The molecule has 1 atom stereocenters. The van der Waals surface area contributed by atoms with Gasteiger partial charge in [0.25, 0.3) is 5.91 Å². The van der Waals surface area contributed by atoms with Crippen LogP contribution in [0.1, 0.15) is 20.8 Å². The summed E-state index contributed by atoms with van der Waals surface area (Å²) in [5.41, 5.74) is 5.17. The van der Waals surface area contributed by atoms with E-state index in [0.717, 1.165) is 11.0 Å². The van der Waals surface area contributed by atoms with Gasteiger partial charge in [-0.2, -0.15) is 13.2 Å². The lowest BCUT2D eigenvalue weighted by molar-refractivity contribution is -0.156. The first kappa shape index (κ1) is 25.0. The van der Waals surface area contributed by atoms with Gasteiger partial charge < -0.3 is 20.7 Å². The van der Waals surface area contributed by atoms with Gasteiger partial charge in [-0.05, 0) is 23.6 Å². The standard InChI is InChI=1S/C20H28F4N4O3/c1-19(2,3)11-27(12-20(22,23)24)16(9-25)18(30)26-15-5-4-13(8-14(15)21)28-6-7-31-10-17(28)29/h4-5,8,16H,6-7,9-12,25H2,1-3H3,(H,26,30)/t16-/m1/s1. The van der Waals surface area contributed by atoms with Crippen molar-refractivity contribution in [1.29, 1.82) is 0 Å². The average Bonchev–Trinajstić information content (AvgIpc) is 2.61. The number of nitrogens with one attached hydrogen (secondary N) is 1. The topological polar surface area (TPSA) is 87.9 Å². The van der Waals surface area contributed by atoms with Crippen LogP contribution in [0.3, 0.4) is 0 Å². The van der Waals surface area contributed by atoms with Crippen LogP contribution in [0.15, 0.2) is 18.2 Å². The van der Waals surface area contributed by atoms with Crippen LogP contribution in [0.25, 0.3) is 0 Å². The second-order valence-corrected chi connectivity index (χ2v) is 8.58. The van der Waals surface area contributed by atoms with E-state index in [-0.39, 0.29) is 37.8 Å². The molecule has 0 saturated carbocycles. The highest BCUT2D eigenvalue weighted by molar-refractivity contribution is 5.97. The Bertz CT molecular complexity index is 780. The summed E-state index contributed by atoms with van der Waals surface area (Å²) in [6.45, 7) is 3.96. The molecule has 1 fully saturated rings. The SMILES string of the molecule is CC(C)(C)CN(CC(F)(F)F)[C@H](CN)C(=O)Nc1ccc(N2CCOCC2=O)cc1F. The molecule has 31 heavy (non-hydrogen) atoms.